The molecule has 106 valence electrons. The maximum Gasteiger partial charge on any atom is 0.124 e. The van der Waals surface area contributed by atoms with Gasteiger partial charge in [-0.2, -0.15) is 0 Å². The Morgan fingerprint density at radius 1 is 1.00 bits per heavy atom. The number of hydrogen-bond donors (Lipinski definition) is 2. The van der Waals surface area contributed by atoms with Crippen molar-refractivity contribution in [2.45, 2.75) is 6.04 Å². The summed E-state index contributed by atoms with van der Waals surface area (Å²) in [6.07, 6.45) is 0. The highest BCUT2D eigenvalue weighted by atomic mass is 16.5. The monoisotopic (exact) mass is 279 g/mol. The molecule has 21 heavy (non-hydrogen) atoms. The zero-order valence-electron chi connectivity index (χ0n) is 11.8. The Balaban J connectivity index is 2.09. The van der Waals surface area contributed by atoms with E-state index >= 15 is 0 Å². The summed E-state index contributed by atoms with van der Waals surface area (Å²) in [7, 11) is 1.65. The molecule has 0 aliphatic rings. The number of para-hydroxylation sites is 2. The highest BCUT2D eigenvalue weighted by Gasteiger charge is 2.18. The number of hydrogen-bond acceptors (Lipinski definition) is 4. The molecule has 0 aliphatic carbocycles. The minimum absolute atomic E-state index is 0.217. The third-order valence-electron chi connectivity index (χ3n) is 3.53. The zero-order chi connectivity index (χ0) is 14.7. The number of pyridine rings is 1. The van der Waals surface area contributed by atoms with Crippen molar-refractivity contribution >= 4 is 10.9 Å². The van der Waals surface area contributed by atoms with Crippen LogP contribution in [0.3, 0.4) is 0 Å². The summed E-state index contributed by atoms with van der Waals surface area (Å²) in [5.41, 5.74) is 5.61. The lowest BCUT2D eigenvalue weighted by molar-refractivity contribution is 0.404. The van der Waals surface area contributed by atoms with Gasteiger partial charge in [-0.3, -0.25) is 10.8 Å². The van der Waals surface area contributed by atoms with E-state index in [0.29, 0.717) is 0 Å². The molecule has 2 aromatic carbocycles. The zero-order valence-corrected chi connectivity index (χ0v) is 11.8. The van der Waals surface area contributed by atoms with E-state index in [1.807, 2.05) is 54.6 Å². The molecule has 4 heteroatoms. The van der Waals surface area contributed by atoms with Crippen molar-refractivity contribution in [3.05, 3.63) is 71.9 Å². The Bertz CT molecular complexity index is 758. The van der Waals surface area contributed by atoms with Crippen LogP contribution in [0.5, 0.6) is 5.75 Å². The fourth-order valence-corrected chi connectivity index (χ4v) is 2.48. The van der Waals surface area contributed by atoms with E-state index in [-0.39, 0.29) is 6.04 Å². The Morgan fingerprint density at radius 2 is 1.76 bits per heavy atom. The average molecular weight is 279 g/mol. The highest BCUT2D eigenvalue weighted by Crippen LogP contribution is 2.29. The van der Waals surface area contributed by atoms with Gasteiger partial charge < -0.3 is 4.74 Å². The van der Waals surface area contributed by atoms with Gasteiger partial charge in [0.15, 0.2) is 0 Å². The van der Waals surface area contributed by atoms with Crippen LogP contribution in [0.2, 0.25) is 0 Å². The number of nitrogens with one attached hydrogen (secondary N) is 1. The molecular weight excluding hydrogens is 262 g/mol. The quantitative estimate of drug-likeness (QED) is 0.569. The van der Waals surface area contributed by atoms with Gasteiger partial charge in [0.05, 0.1) is 24.4 Å². The van der Waals surface area contributed by atoms with E-state index in [0.717, 1.165) is 27.9 Å². The fourth-order valence-electron chi connectivity index (χ4n) is 2.48. The van der Waals surface area contributed by atoms with Crippen molar-refractivity contribution < 1.29 is 4.74 Å². The van der Waals surface area contributed by atoms with Crippen LogP contribution >= 0.6 is 0 Å². The molecule has 1 unspecified atom stereocenters. The third kappa shape index (κ3) is 2.59. The molecule has 1 atom stereocenters. The van der Waals surface area contributed by atoms with Gasteiger partial charge in [0, 0.05) is 10.9 Å². The molecule has 0 bridgehead atoms. The second-order valence-electron chi connectivity index (χ2n) is 4.77. The summed E-state index contributed by atoms with van der Waals surface area (Å²) in [4.78, 5) is 4.70. The smallest absolute Gasteiger partial charge is 0.124 e. The first-order valence-electron chi connectivity index (χ1n) is 6.78. The first kappa shape index (κ1) is 13.5. The fraction of sp³-hybridized carbons (Fsp3) is 0.118. The topological polar surface area (TPSA) is 60.2 Å². The summed E-state index contributed by atoms with van der Waals surface area (Å²) in [6, 6.07) is 19.6. The van der Waals surface area contributed by atoms with E-state index in [4.69, 9.17) is 15.6 Å². The molecular formula is C17H17N3O. The first-order chi connectivity index (χ1) is 10.3. The molecule has 3 rings (SSSR count). The van der Waals surface area contributed by atoms with Gasteiger partial charge in [-0.05, 0) is 18.2 Å². The van der Waals surface area contributed by atoms with Crippen LogP contribution in [0, 0.1) is 0 Å². The number of fused-ring (bicyclic) bond motifs is 1. The van der Waals surface area contributed by atoms with Crippen molar-refractivity contribution in [2.75, 3.05) is 7.11 Å². The number of benzene rings is 2. The van der Waals surface area contributed by atoms with Crippen molar-refractivity contribution in [1.82, 2.24) is 10.4 Å². The van der Waals surface area contributed by atoms with Crippen LogP contribution in [-0.4, -0.2) is 12.1 Å². The molecule has 0 fully saturated rings. The molecule has 1 aromatic heterocycles. The second-order valence-corrected chi connectivity index (χ2v) is 4.77. The number of hydrazine groups is 1. The number of methoxy groups -OCH3 is 1. The molecule has 0 amide bonds. The normalized spacial score (nSPS) is 12.3. The second kappa shape index (κ2) is 5.91. The van der Waals surface area contributed by atoms with Gasteiger partial charge in [0.1, 0.15) is 5.75 Å². The van der Waals surface area contributed by atoms with Gasteiger partial charge in [-0.1, -0.05) is 42.5 Å². The Labute approximate surface area is 123 Å². The van der Waals surface area contributed by atoms with E-state index in [1.165, 1.54) is 0 Å². The van der Waals surface area contributed by atoms with Crippen molar-refractivity contribution in [3.63, 3.8) is 0 Å². The lowest BCUT2D eigenvalue weighted by Crippen LogP contribution is -2.29. The predicted octanol–water partition coefficient (Wildman–Crippen LogP) is 2.80. The summed E-state index contributed by atoms with van der Waals surface area (Å²) >= 11 is 0. The Morgan fingerprint density at radius 3 is 2.57 bits per heavy atom. The van der Waals surface area contributed by atoms with Gasteiger partial charge >= 0.3 is 0 Å². The summed E-state index contributed by atoms with van der Waals surface area (Å²) in [6.45, 7) is 0. The average Bonchev–Trinajstić information content (AvgIpc) is 2.56. The minimum atomic E-state index is -0.217. The van der Waals surface area contributed by atoms with E-state index in [2.05, 4.69) is 11.5 Å². The molecule has 0 saturated carbocycles. The van der Waals surface area contributed by atoms with Crippen LogP contribution in [0.1, 0.15) is 17.3 Å². The van der Waals surface area contributed by atoms with Gasteiger partial charge in [-0.15, -0.1) is 0 Å². The predicted molar refractivity (Wildman–Crippen MR) is 83.9 cm³/mol. The molecule has 3 aromatic rings. The van der Waals surface area contributed by atoms with E-state index in [9.17, 15) is 0 Å². The van der Waals surface area contributed by atoms with Crippen LogP contribution in [0.4, 0.5) is 0 Å². The number of ether oxygens (including phenoxy) is 1. The van der Waals surface area contributed by atoms with Crippen LogP contribution < -0.4 is 16.0 Å². The van der Waals surface area contributed by atoms with Gasteiger partial charge in [0.2, 0.25) is 0 Å². The largest absolute Gasteiger partial charge is 0.496 e. The maximum absolute atomic E-state index is 5.76. The Hall–Kier alpha value is -2.43. The molecule has 1 heterocycles. The van der Waals surface area contributed by atoms with E-state index in [1.54, 1.807) is 7.11 Å². The summed E-state index contributed by atoms with van der Waals surface area (Å²) < 4.78 is 5.41. The number of nitrogens with zero attached hydrogens (tertiary/aromatic N) is 1. The number of nitrogens with two attached hydrogens (primary N) is 1. The van der Waals surface area contributed by atoms with Gasteiger partial charge in [-0.25, -0.2) is 5.43 Å². The highest BCUT2D eigenvalue weighted by molar-refractivity contribution is 5.78. The SMILES string of the molecule is COc1ccccc1C(NN)c1ccc2ccccc2n1. The number of aromatic nitrogens is 1. The molecule has 0 radical (unpaired) electrons. The Kier molecular flexibility index (Phi) is 3.81. The minimum Gasteiger partial charge on any atom is -0.496 e. The molecule has 0 spiro atoms. The van der Waals surface area contributed by atoms with Crippen LogP contribution in [-0.2, 0) is 0 Å². The first-order valence-corrected chi connectivity index (χ1v) is 6.78. The maximum atomic E-state index is 5.76. The van der Waals surface area contributed by atoms with Crippen molar-refractivity contribution in [1.29, 1.82) is 0 Å². The molecule has 3 N–H and O–H groups in total. The van der Waals surface area contributed by atoms with Crippen molar-refractivity contribution in [2.24, 2.45) is 5.84 Å². The van der Waals surface area contributed by atoms with E-state index < -0.39 is 0 Å². The third-order valence-corrected chi connectivity index (χ3v) is 3.53. The lowest BCUT2D eigenvalue weighted by atomic mass is 10.0. The number of rotatable bonds is 4. The van der Waals surface area contributed by atoms with Gasteiger partial charge in [0.25, 0.3) is 0 Å². The molecule has 0 saturated heterocycles. The summed E-state index contributed by atoms with van der Waals surface area (Å²) in [5.74, 6) is 6.55. The molecule has 4 nitrogen and oxygen atoms in total. The van der Waals surface area contributed by atoms with Crippen LogP contribution in [0.25, 0.3) is 10.9 Å². The summed E-state index contributed by atoms with van der Waals surface area (Å²) in [5, 5.41) is 1.11. The lowest BCUT2D eigenvalue weighted by Gasteiger charge is -2.19. The molecule has 0 aliphatic heterocycles. The standard InChI is InChI=1S/C17H17N3O/c1-21-16-9-5-3-7-13(16)17(20-18)15-11-10-12-6-2-4-8-14(12)19-15/h2-11,17,20H,18H2,1H3. The van der Waals surface area contributed by atoms with Crippen molar-refractivity contribution in [3.8, 4) is 5.75 Å². The van der Waals surface area contributed by atoms with Crippen LogP contribution in [0.15, 0.2) is 60.7 Å².